The lowest BCUT2D eigenvalue weighted by Gasteiger charge is -2.37. The fourth-order valence-electron chi connectivity index (χ4n) is 3.74. The average Bonchev–Trinajstić information content (AvgIpc) is 3.01. The number of hydrogen-bond acceptors (Lipinski definition) is 3. The van der Waals surface area contributed by atoms with Gasteiger partial charge < -0.3 is 15.4 Å². The molecule has 18 heavy (non-hydrogen) atoms. The van der Waals surface area contributed by atoms with Gasteiger partial charge >= 0.3 is 0 Å². The number of nitrogens with one attached hydrogen (secondary N) is 2. The molecule has 3 fully saturated rings. The molecule has 3 heterocycles. The van der Waals surface area contributed by atoms with Crippen LogP contribution in [0.4, 0.5) is 0 Å². The van der Waals surface area contributed by atoms with Gasteiger partial charge in [-0.2, -0.15) is 0 Å². The Labute approximate surface area is 109 Å². The molecule has 2 bridgehead atoms. The Morgan fingerprint density at radius 3 is 2.94 bits per heavy atom. The quantitative estimate of drug-likeness (QED) is 0.793. The predicted octanol–water partition coefficient (Wildman–Crippen LogP) is 1.20. The maximum Gasteiger partial charge on any atom is 0.227 e. The largest absolute Gasteiger partial charge is 0.373 e. The summed E-state index contributed by atoms with van der Waals surface area (Å²) < 4.78 is 5.81. The van der Waals surface area contributed by atoms with Gasteiger partial charge in [-0.1, -0.05) is 6.92 Å². The second kappa shape index (κ2) is 4.82. The smallest absolute Gasteiger partial charge is 0.227 e. The molecule has 0 aromatic carbocycles. The third kappa shape index (κ3) is 2.05. The Morgan fingerprint density at radius 1 is 1.50 bits per heavy atom. The van der Waals surface area contributed by atoms with E-state index < -0.39 is 0 Å². The van der Waals surface area contributed by atoms with Crippen molar-refractivity contribution in [3.05, 3.63) is 0 Å². The van der Waals surface area contributed by atoms with E-state index in [2.05, 4.69) is 17.6 Å². The summed E-state index contributed by atoms with van der Waals surface area (Å²) in [7, 11) is 0. The second-order valence-corrected chi connectivity index (χ2v) is 6.10. The molecule has 0 aromatic rings. The highest BCUT2D eigenvalue weighted by molar-refractivity contribution is 5.83. The van der Waals surface area contributed by atoms with Gasteiger partial charge in [0.1, 0.15) is 0 Å². The highest BCUT2D eigenvalue weighted by atomic mass is 16.5. The van der Waals surface area contributed by atoms with E-state index in [9.17, 15) is 4.79 Å². The monoisotopic (exact) mass is 252 g/mol. The van der Waals surface area contributed by atoms with Crippen LogP contribution in [-0.2, 0) is 9.53 Å². The minimum atomic E-state index is -0.180. The van der Waals surface area contributed by atoms with Crippen LogP contribution in [0, 0.1) is 5.41 Å². The van der Waals surface area contributed by atoms with Crippen LogP contribution < -0.4 is 10.6 Å². The van der Waals surface area contributed by atoms with Crippen LogP contribution in [0.2, 0.25) is 0 Å². The number of amides is 1. The summed E-state index contributed by atoms with van der Waals surface area (Å²) in [4.78, 5) is 12.6. The zero-order valence-electron chi connectivity index (χ0n) is 11.2. The fourth-order valence-corrected chi connectivity index (χ4v) is 3.74. The Morgan fingerprint density at radius 2 is 2.39 bits per heavy atom. The van der Waals surface area contributed by atoms with E-state index in [0.717, 1.165) is 45.2 Å². The maximum absolute atomic E-state index is 12.6. The highest BCUT2D eigenvalue weighted by Crippen LogP contribution is 2.36. The molecule has 0 aromatic heterocycles. The highest BCUT2D eigenvalue weighted by Gasteiger charge is 2.44. The van der Waals surface area contributed by atoms with Gasteiger partial charge in [-0.25, -0.2) is 0 Å². The molecular formula is C14H24N2O2. The van der Waals surface area contributed by atoms with Crippen LogP contribution in [-0.4, -0.2) is 37.2 Å². The van der Waals surface area contributed by atoms with Gasteiger partial charge in [-0.3, -0.25) is 4.79 Å². The maximum atomic E-state index is 12.6. The van der Waals surface area contributed by atoms with Crippen LogP contribution in [0.1, 0.15) is 45.4 Å². The number of piperidine rings is 1. The summed E-state index contributed by atoms with van der Waals surface area (Å²) in [6, 6.07) is 0.265. The fraction of sp³-hybridized carbons (Fsp3) is 0.929. The van der Waals surface area contributed by atoms with Crippen molar-refractivity contribution in [3.63, 3.8) is 0 Å². The van der Waals surface area contributed by atoms with E-state index in [1.807, 2.05) is 0 Å². The lowest BCUT2D eigenvalue weighted by Crippen LogP contribution is -2.54. The molecule has 0 aliphatic carbocycles. The van der Waals surface area contributed by atoms with Gasteiger partial charge in [0.25, 0.3) is 0 Å². The topological polar surface area (TPSA) is 50.4 Å². The minimum Gasteiger partial charge on any atom is -0.373 e. The van der Waals surface area contributed by atoms with E-state index in [-0.39, 0.29) is 23.5 Å². The standard InChI is InChI=1S/C14H24N2O2/c1-2-14(6-3-7-15-9-14)13(17)16-11-8-10-4-5-12(11)18-10/h10-12,15H,2-9H2,1H3,(H,16,17). The van der Waals surface area contributed by atoms with Crippen molar-refractivity contribution in [2.45, 2.75) is 63.7 Å². The Balaban J connectivity index is 1.63. The van der Waals surface area contributed by atoms with E-state index in [4.69, 9.17) is 4.74 Å². The summed E-state index contributed by atoms with van der Waals surface area (Å²) in [6.45, 7) is 4.01. The van der Waals surface area contributed by atoms with E-state index in [1.165, 1.54) is 6.42 Å². The van der Waals surface area contributed by atoms with Gasteiger partial charge in [0.15, 0.2) is 0 Å². The first-order valence-corrected chi connectivity index (χ1v) is 7.41. The van der Waals surface area contributed by atoms with Crippen molar-refractivity contribution >= 4 is 5.91 Å². The van der Waals surface area contributed by atoms with E-state index >= 15 is 0 Å². The van der Waals surface area contributed by atoms with E-state index in [1.54, 1.807) is 0 Å². The van der Waals surface area contributed by atoms with Crippen LogP contribution in [0.3, 0.4) is 0 Å². The summed E-state index contributed by atoms with van der Waals surface area (Å²) in [5.74, 6) is 0.248. The number of carbonyl (C=O) groups is 1. The van der Waals surface area contributed by atoms with Gasteiger partial charge in [0, 0.05) is 6.54 Å². The molecule has 3 aliphatic heterocycles. The van der Waals surface area contributed by atoms with Crippen molar-refractivity contribution in [1.82, 2.24) is 10.6 Å². The normalized spacial score (nSPS) is 43.1. The molecule has 3 rings (SSSR count). The molecule has 0 radical (unpaired) electrons. The molecule has 4 nitrogen and oxygen atoms in total. The third-order valence-corrected chi connectivity index (χ3v) is 5.05. The molecule has 0 spiro atoms. The molecule has 3 saturated heterocycles. The summed E-state index contributed by atoms with van der Waals surface area (Å²) in [5.41, 5.74) is -0.180. The van der Waals surface area contributed by atoms with Gasteiger partial charge in [0.2, 0.25) is 5.91 Å². The van der Waals surface area contributed by atoms with Crippen molar-refractivity contribution in [2.75, 3.05) is 13.1 Å². The van der Waals surface area contributed by atoms with Gasteiger partial charge in [-0.05, 0) is 45.1 Å². The molecule has 4 heteroatoms. The molecule has 3 aliphatic rings. The van der Waals surface area contributed by atoms with Crippen molar-refractivity contribution in [2.24, 2.45) is 5.41 Å². The van der Waals surface area contributed by atoms with Crippen LogP contribution in [0.25, 0.3) is 0 Å². The number of hydrogen-bond donors (Lipinski definition) is 2. The first kappa shape index (κ1) is 12.4. The minimum absolute atomic E-state index is 0.180. The number of carbonyl (C=O) groups excluding carboxylic acids is 1. The summed E-state index contributed by atoms with van der Waals surface area (Å²) in [6.07, 6.45) is 7.05. The van der Waals surface area contributed by atoms with Gasteiger partial charge in [-0.15, -0.1) is 0 Å². The number of rotatable bonds is 3. The zero-order chi connectivity index (χ0) is 12.6. The molecule has 1 amide bonds. The predicted molar refractivity (Wildman–Crippen MR) is 69.3 cm³/mol. The number of ether oxygens (including phenoxy) is 1. The Bertz CT molecular complexity index is 326. The molecule has 4 unspecified atom stereocenters. The third-order valence-electron chi connectivity index (χ3n) is 5.05. The lowest BCUT2D eigenvalue weighted by molar-refractivity contribution is -0.133. The molecular weight excluding hydrogens is 228 g/mol. The summed E-state index contributed by atoms with van der Waals surface area (Å²) >= 11 is 0. The van der Waals surface area contributed by atoms with E-state index in [0.29, 0.717) is 6.10 Å². The van der Waals surface area contributed by atoms with Gasteiger partial charge in [0.05, 0.1) is 23.7 Å². The first-order valence-electron chi connectivity index (χ1n) is 7.41. The van der Waals surface area contributed by atoms with Crippen LogP contribution in [0.15, 0.2) is 0 Å². The molecule has 102 valence electrons. The SMILES string of the molecule is CCC1(C(=O)NC2CC3CCC2O3)CCCNC1. The number of fused-ring (bicyclic) bond motifs is 2. The molecule has 4 atom stereocenters. The first-order chi connectivity index (χ1) is 8.73. The lowest BCUT2D eigenvalue weighted by atomic mass is 9.77. The molecule has 0 saturated carbocycles. The Hall–Kier alpha value is -0.610. The van der Waals surface area contributed by atoms with Crippen molar-refractivity contribution < 1.29 is 9.53 Å². The van der Waals surface area contributed by atoms with Crippen molar-refractivity contribution in [1.29, 1.82) is 0 Å². The summed E-state index contributed by atoms with van der Waals surface area (Å²) in [5, 5.41) is 6.64. The Kier molecular flexibility index (Phi) is 3.32. The van der Waals surface area contributed by atoms with Crippen LogP contribution >= 0.6 is 0 Å². The molecule has 2 N–H and O–H groups in total. The van der Waals surface area contributed by atoms with Crippen molar-refractivity contribution in [3.8, 4) is 0 Å². The zero-order valence-corrected chi connectivity index (χ0v) is 11.2. The average molecular weight is 252 g/mol. The van der Waals surface area contributed by atoms with Crippen LogP contribution in [0.5, 0.6) is 0 Å². The second-order valence-electron chi connectivity index (χ2n) is 6.10.